The predicted molar refractivity (Wildman–Crippen MR) is 70.5 cm³/mol. The smallest absolute Gasteiger partial charge is 0.273 e. The van der Waals surface area contributed by atoms with Crippen molar-refractivity contribution in [3.63, 3.8) is 0 Å². The fraction of sp³-hybridized carbons (Fsp3) is 0.500. The average Bonchev–Trinajstić information content (AvgIpc) is 2.58. The van der Waals surface area contributed by atoms with Gasteiger partial charge in [-0.15, -0.1) is 23.7 Å². The van der Waals surface area contributed by atoms with Crippen LogP contribution in [0, 0.1) is 6.92 Å². The molecule has 0 aliphatic rings. The number of thiophene rings is 1. The lowest BCUT2D eigenvalue weighted by Gasteiger charge is -2.13. The number of halogens is 4. The van der Waals surface area contributed by atoms with Crippen LogP contribution in [0.15, 0.2) is 10.3 Å². The van der Waals surface area contributed by atoms with Crippen LogP contribution in [0.4, 0.5) is 8.78 Å². The molecule has 0 aromatic carbocycles. The van der Waals surface area contributed by atoms with Crippen LogP contribution >= 0.6 is 35.3 Å². The summed E-state index contributed by atoms with van der Waals surface area (Å²) >= 11 is 6.53. The van der Waals surface area contributed by atoms with Crippen LogP contribution in [-0.2, 0) is 10.0 Å². The summed E-state index contributed by atoms with van der Waals surface area (Å²) in [7, 11) is -3.96. The van der Waals surface area contributed by atoms with Gasteiger partial charge in [-0.25, -0.2) is 21.9 Å². The summed E-state index contributed by atoms with van der Waals surface area (Å²) < 4.78 is 50.9. The molecule has 0 radical (unpaired) electrons. The van der Waals surface area contributed by atoms with Gasteiger partial charge in [-0.05, 0) is 18.6 Å². The molecular formula is C8H12Cl2F2N2O2S2. The Balaban J connectivity index is 0.00000289. The van der Waals surface area contributed by atoms with Crippen LogP contribution in [0.5, 0.6) is 0 Å². The summed E-state index contributed by atoms with van der Waals surface area (Å²) in [6, 6.07) is 1.33. The fourth-order valence-electron chi connectivity index (χ4n) is 0.908. The van der Waals surface area contributed by atoms with Gasteiger partial charge in [0.2, 0.25) is 10.0 Å². The van der Waals surface area contributed by atoms with E-state index < -0.39 is 29.0 Å². The van der Waals surface area contributed by atoms with Gasteiger partial charge >= 0.3 is 0 Å². The Hall–Kier alpha value is 0.01000. The van der Waals surface area contributed by atoms with Crippen molar-refractivity contribution in [3.05, 3.63) is 16.0 Å². The first-order valence-corrected chi connectivity index (χ1v) is 7.19. The Kier molecular flexibility index (Phi) is 6.45. The number of nitrogens with two attached hydrogens (primary N) is 1. The fourth-order valence-corrected chi connectivity index (χ4v) is 3.72. The van der Waals surface area contributed by atoms with Gasteiger partial charge in [0.1, 0.15) is 4.21 Å². The maximum atomic E-state index is 12.8. The molecule has 0 saturated heterocycles. The largest absolute Gasteiger partial charge is 0.325 e. The van der Waals surface area contributed by atoms with Gasteiger partial charge in [-0.1, -0.05) is 11.6 Å². The number of nitrogens with one attached hydrogen (secondary N) is 1. The quantitative estimate of drug-likeness (QED) is 0.861. The second-order valence-corrected chi connectivity index (χ2v) is 7.05. The number of hydrogen-bond acceptors (Lipinski definition) is 4. The summed E-state index contributed by atoms with van der Waals surface area (Å²) in [5.74, 6) is -3.26. The molecule has 0 fully saturated rings. The minimum atomic E-state index is -3.96. The predicted octanol–water partition coefficient (Wildman–Crippen LogP) is 2.00. The van der Waals surface area contributed by atoms with E-state index in [-0.39, 0.29) is 16.6 Å². The zero-order chi connectivity index (χ0) is 13.3. The topological polar surface area (TPSA) is 72.2 Å². The monoisotopic (exact) mass is 340 g/mol. The van der Waals surface area contributed by atoms with Gasteiger partial charge < -0.3 is 5.73 Å². The molecule has 1 aromatic heterocycles. The van der Waals surface area contributed by atoms with Crippen molar-refractivity contribution in [1.29, 1.82) is 0 Å². The minimum Gasteiger partial charge on any atom is -0.325 e. The van der Waals surface area contributed by atoms with Crippen LogP contribution < -0.4 is 10.5 Å². The van der Waals surface area contributed by atoms with Gasteiger partial charge in [0.05, 0.1) is 17.4 Å². The maximum Gasteiger partial charge on any atom is 0.273 e. The number of sulfonamides is 1. The van der Waals surface area contributed by atoms with E-state index in [4.69, 9.17) is 17.3 Å². The number of alkyl halides is 2. The molecule has 18 heavy (non-hydrogen) atoms. The Morgan fingerprint density at radius 1 is 1.56 bits per heavy atom. The molecule has 0 unspecified atom stereocenters. The third-order valence-electron chi connectivity index (χ3n) is 1.92. The van der Waals surface area contributed by atoms with E-state index in [0.717, 1.165) is 11.3 Å². The Labute approximate surface area is 119 Å². The number of aryl methyl sites for hydroxylation is 1. The van der Waals surface area contributed by atoms with Crippen molar-refractivity contribution in [2.75, 3.05) is 13.1 Å². The van der Waals surface area contributed by atoms with Crippen molar-refractivity contribution in [2.45, 2.75) is 17.1 Å². The normalized spacial score (nSPS) is 12.3. The third-order valence-corrected chi connectivity index (χ3v) is 5.35. The summed E-state index contributed by atoms with van der Waals surface area (Å²) in [6.45, 7) is -0.313. The molecule has 0 amide bonds. The Morgan fingerprint density at radius 2 is 2.11 bits per heavy atom. The van der Waals surface area contributed by atoms with E-state index in [2.05, 4.69) is 0 Å². The van der Waals surface area contributed by atoms with E-state index in [9.17, 15) is 17.2 Å². The van der Waals surface area contributed by atoms with Crippen molar-refractivity contribution in [2.24, 2.45) is 5.73 Å². The lowest BCUT2D eigenvalue weighted by molar-refractivity contribution is 0.0170. The second-order valence-electron chi connectivity index (χ2n) is 3.41. The number of rotatable bonds is 5. The molecule has 1 heterocycles. The van der Waals surface area contributed by atoms with Crippen molar-refractivity contribution in [1.82, 2.24) is 4.72 Å². The Morgan fingerprint density at radius 3 is 2.50 bits per heavy atom. The molecule has 0 bridgehead atoms. The Bertz CT molecular complexity index is 486. The van der Waals surface area contributed by atoms with Crippen LogP contribution in [0.1, 0.15) is 5.56 Å². The standard InChI is InChI=1S/C8H11ClF2N2O2S2.ClH/c1-5-2-6(16-7(5)9)17(14,15)13-4-8(10,11)3-12;/h2,13H,3-4,12H2,1H3;1H. The van der Waals surface area contributed by atoms with E-state index in [1.54, 1.807) is 11.6 Å². The first-order chi connectivity index (χ1) is 7.68. The van der Waals surface area contributed by atoms with Gasteiger partial charge in [-0.2, -0.15) is 0 Å². The van der Waals surface area contributed by atoms with Gasteiger partial charge in [0.25, 0.3) is 5.92 Å². The molecule has 0 atom stereocenters. The molecule has 0 saturated carbocycles. The lowest BCUT2D eigenvalue weighted by Crippen LogP contribution is -2.41. The van der Waals surface area contributed by atoms with Crippen molar-refractivity contribution in [3.8, 4) is 0 Å². The van der Waals surface area contributed by atoms with E-state index in [0.29, 0.717) is 9.90 Å². The van der Waals surface area contributed by atoms with Crippen LogP contribution in [0.3, 0.4) is 0 Å². The highest BCUT2D eigenvalue weighted by molar-refractivity contribution is 7.91. The molecule has 4 nitrogen and oxygen atoms in total. The first-order valence-electron chi connectivity index (χ1n) is 4.51. The van der Waals surface area contributed by atoms with Crippen molar-refractivity contribution < 1.29 is 17.2 Å². The highest BCUT2D eigenvalue weighted by Crippen LogP contribution is 2.30. The number of hydrogen-bond donors (Lipinski definition) is 2. The van der Waals surface area contributed by atoms with Crippen LogP contribution in [-0.4, -0.2) is 27.4 Å². The minimum absolute atomic E-state index is 0. The van der Waals surface area contributed by atoms with E-state index in [1.165, 1.54) is 6.07 Å². The first kappa shape index (κ1) is 18.0. The van der Waals surface area contributed by atoms with E-state index >= 15 is 0 Å². The van der Waals surface area contributed by atoms with Gasteiger partial charge in [0.15, 0.2) is 0 Å². The van der Waals surface area contributed by atoms with Crippen LogP contribution in [0.2, 0.25) is 4.34 Å². The van der Waals surface area contributed by atoms with Crippen LogP contribution in [0.25, 0.3) is 0 Å². The molecule has 1 aromatic rings. The summed E-state index contributed by atoms with van der Waals surface area (Å²) in [5, 5.41) is 0. The molecule has 3 N–H and O–H groups in total. The highest BCUT2D eigenvalue weighted by Gasteiger charge is 2.30. The molecule has 0 aliphatic carbocycles. The van der Waals surface area contributed by atoms with Gasteiger partial charge in [-0.3, -0.25) is 0 Å². The molecule has 0 spiro atoms. The zero-order valence-corrected chi connectivity index (χ0v) is 12.4. The summed E-state index contributed by atoms with van der Waals surface area (Å²) in [4.78, 5) is 0. The summed E-state index contributed by atoms with van der Waals surface area (Å²) in [6.07, 6.45) is 0. The SMILES string of the molecule is Cc1cc(S(=O)(=O)NCC(F)(F)CN)sc1Cl.Cl. The van der Waals surface area contributed by atoms with Gasteiger partial charge in [0, 0.05) is 0 Å². The van der Waals surface area contributed by atoms with E-state index in [1.807, 2.05) is 0 Å². The average molecular weight is 341 g/mol. The lowest BCUT2D eigenvalue weighted by atomic mass is 10.3. The third kappa shape index (κ3) is 4.60. The zero-order valence-electron chi connectivity index (χ0n) is 9.24. The molecule has 1 rings (SSSR count). The second kappa shape index (κ2) is 6.44. The van der Waals surface area contributed by atoms with Crippen molar-refractivity contribution >= 4 is 45.4 Å². The molecule has 0 aliphatic heterocycles. The molecule has 106 valence electrons. The molecule has 10 heteroatoms. The summed E-state index contributed by atoms with van der Waals surface area (Å²) in [5.41, 5.74) is 5.38. The molecular weight excluding hydrogens is 329 g/mol. The highest BCUT2D eigenvalue weighted by atomic mass is 35.5. The maximum absolute atomic E-state index is 12.8.